The summed E-state index contributed by atoms with van der Waals surface area (Å²) in [6.45, 7) is 2.16. The molecule has 0 saturated carbocycles. The number of primary amides is 1. The van der Waals surface area contributed by atoms with E-state index >= 15 is 0 Å². The monoisotopic (exact) mass is 376 g/mol. The molecule has 1 aliphatic rings. The molecule has 27 heavy (non-hydrogen) atoms. The second-order valence-electron chi connectivity index (χ2n) is 6.26. The van der Waals surface area contributed by atoms with Gasteiger partial charge in [-0.05, 0) is 30.7 Å². The summed E-state index contributed by atoms with van der Waals surface area (Å²) in [5.41, 5.74) is 4.87. The lowest BCUT2D eigenvalue weighted by Gasteiger charge is -2.38. The van der Waals surface area contributed by atoms with Gasteiger partial charge in [0.05, 0.1) is 5.56 Å². The molecule has 1 heterocycles. The minimum Gasteiger partial charge on any atom is -0.366 e. The Labute approximate surface area is 154 Å². The second kappa shape index (κ2) is 7.08. The van der Waals surface area contributed by atoms with Crippen LogP contribution in [0.5, 0.6) is 0 Å². The molecule has 0 radical (unpaired) electrons. The zero-order chi connectivity index (χ0) is 19.7. The molecule has 0 fully saturated rings. The predicted molar refractivity (Wildman–Crippen MR) is 96.6 cm³/mol. The molecule has 1 amide bonds. The zero-order valence-electron chi connectivity index (χ0n) is 14.6. The number of alkyl halides is 3. The number of ether oxygens (including phenoxy) is 1. The average Bonchev–Trinajstić information content (AvgIpc) is 2.65. The Morgan fingerprint density at radius 2 is 1.93 bits per heavy atom. The van der Waals surface area contributed by atoms with Crippen LogP contribution in [0.3, 0.4) is 0 Å². The van der Waals surface area contributed by atoms with Crippen LogP contribution in [-0.2, 0) is 21.4 Å². The normalized spacial score (nSPS) is 19.0. The highest BCUT2D eigenvalue weighted by atomic mass is 19.4. The van der Waals surface area contributed by atoms with Gasteiger partial charge >= 0.3 is 6.18 Å². The molecule has 7 heteroatoms. The highest BCUT2D eigenvalue weighted by molar-refractivity contribution is 6.21. The third-order valence-corrected chi connectivity index (χ3v) is 4.30. The number of anilines is 1. The largest absolute Gasteiger partial charge is 0.416 e. The number of hydrogen-bond donors (Lipinski definition) is 2. The van der Waals surface area contributed by atoms with Crippen molar-refractivity contribution in [2.24, 2.45) is 5.73 Å². The molecule has 3 rings (SSSR count). The van der Waals surface area contributed by atoms with Crippen molar-refractivity contribution >= 4 is 17.2 Å². The summed E-state index contributed by atoms with van der Waals surface area (Å²) >= 11 is 0. The topological polar surface area (TPSA) is 64.3 Å². The molecule has 0 aromatic heterocycles. The first-order valence-corrected chi connectivity index (χ1v) is 8.49. The highest BCUT2D eigenvalue weighted by Crippen LogP contribution is 2.41. The molecule has 1 atom stereocenters. The number of amides is 1. The lowest BCUT2D eigenvalue weighted by molar-refractivity contribution is -0.137. The van der Waals surface area contributed by atoms with E-state index in [1.807, 2.05) is 6.92 Å². The van der Waals surface area contributed by atoms with E-state index in [9.17, 15) is 18.0 Å². The number of nitrogens with one attached hydrogen (secondary N) is 1. The summed E-state index contributed by atoms with van der Waals surface area (Å²) in [5, 5.41) is 3.15. The van der Waals surface area contributed by atoms with Gasteiger partial charge in [-0.1, -0.05) is 37.3 Å². The number of benzene rings is 2. The van der Waals surface area contributed by atoms with Crippen molar-refractivity contribution in [3.63, 3.8) is 0 Å². The Morgan fingerprint density at radius 3 is 2.59 bits per heavy atom. The fourth-order valence-electron chi connectivity index (χ4n) is 3.05. The molecule has 0 spiro atoms. The van der Waals surface area contributed by atoms with Gasteiger partial charge in [0.2, 0.25) is 5.91 Å². The lowest BCUT2D eigenvalue weighted by Crippen LogP contribution is -2.40. The number of rotatable bonds is 5. The summed E-state index contributed by atoms with van der Waals surface area (Å²) in [4.78, 5) is 12.0. The van der Waals surface area contributed by atoms with Crippen LogP contribution in [-0.4, -0.2) is 12.5 Å². The van der Waals surface area contributed by atoms with Gasteiger partial charge in [0.15, 0.2) is 5.72 Å². The Hall–Kier alpha value is -2.80. The Morgan fingerprint density at radius 1 is 1.19 bits per heavy atom. The van der Waals surface area contributed by atoms with E-state index in [1.165, 1.54) is 18.2 Å². The van der Waals surface area contributed by atoms with Crippen LogP contribution in [0.4, 0.5) is 18.9 Å². The molecule has 0 aliphatic carbocycles. The third kappa shape index (κ3) is 3.68. The maximum atomic E-state index is 13.2. The third-order valence-electron chi connectivity index (χ3n) is 4.30. The molecule has 2 aromatic carbocycles. The van der Waals surface area contributed by atoms with Gasteiger partial charge in [-0.15, -0.1) is 0 Å². The molecule has 0 bridgehead atoms. The van der Waals surface area contributed by atoms with Crippen LogP contribution >= 0.6 is 0 Å². The Balaban J connectivity index is 2.20. The Bertz CT molecular complexity index is 893. The van der Waals surface area contributed by atoms with Gasteiger partial charge in [0.1, 0.15) is 0 Å². The summed E-state index contributed by atoms with van der Waals surface area (Å²) in [5.74, 6) is -0.680. The molecule has 3 N–H and O–H groups in total. The van der Waals surface area contributed by atoms with E-state index in [1.54, 1.807) is 24.3 Å². The van der Waals surface area contributed by atoms with Crippen molar-refractivity contribution in [2.45, 2.75) is 25.2 Å². The number of nitrogens with two attached hydrogens (primary N) is 1. The van der Waals surface area contributed by atoms with Crippen molar-refractivity contribution in [3.8, 4) is 0 Å². The summed E-state index contributed by atoms with van der Waals surface area (Å²) in [6, 6.07) is 11.8. The first kappa shape index (κ1) is 19.0. The summed E-state index contributed by atoms with van der Waals surface area (Å²) in [6.07, 6.45) is -2.39. The van der Waals surface area contributed by atoms with Crippen molar-refractivity contribution < 1.29 is 22.7 Å². The number of fused-ring (bicyclic) bond motifs is 1. The fraction of sp³-hybridized carbons (Fsp3) is 0.250. The number of carbonyl (C=O) groups excluding carboxylic acids is 1. The van der Waals surface area contributed by atoms with Gasteiger partial charge < -0.3 is 15.8 Å². The molecule has 2 aromatic rings. The number of hydrogen-bond acceptors (Lipinski definition) is 3. The SMILES string of the molecule is CCCOC1(c2cccc(C(F)(F)F)c2)C=C(C(N)=O)c2ccccc2N1. The minimum atomic E-state index is -4.50. The molecule has 4 nitrogen and oxygen atoms in total. The number of carbonyl (C=O) groups is 1. The van der Waals surface area contributed by atoms with E-state index in [-0.39, 0.29) is 17.7 Å². The van der Waals surface area contributed by atoms with Crippen molar-refractivity contribution in [3.05, 3.63) is 71.3 Å². The van der Waals surface area contributed by atoms with E-state index in [0.717, 1.165) is 12.1 Å². The first-order valence-electron chi connectivity index (χ1n) is 8.49. The van der Waals surface area contributed by atoms with Crippen LogP contribution in [0.2, 0.25) is 0 Å². The van der Waals surface area contributed by atoms with Gasteiger partial charge in [0.25, 0.3) is 0 Å². The lowest BCUT2D eigenvalue weighted by atomic mass is 9.89. The first-order chi connectivity index (χ1) is 12.8. The van der Waals surface area contributed by atoms with E-state index in [4.69, 9.17) is 10.5 Å². The van der Waals surface area contributed by atoms with Gasteiger partial charge in [-0.25, -0.2) is 0 Å². The molecule has 1 unspecified atom stereocenters. The molecule has 0 saturated heterocycles. The molecule has 142 valence electrons. The van der Waals surface area contributed by atoms with E-state index in [0.29, 0.717) is 17.7 Å². The molecule has 1 aliphatic heterocycles. The van der Waals surface area contributed by atoms with E-state index in [2.05, 4.69) is 5.32 Å². The highest BCUT2D eigenvalue weighted by Gasteiger charge is 2.39. The van der Waals surface area contributed by atoms with E-state index < -0.39 is 23.4 Å². The van der Waals surface area contributed by atoms with Crippen LogP contribution < -0.4 is 11.1 Å². The maximum absolute atomic E-state index is 13.2. The van der Waals surface area contributed by atoms with Crippen molar-refractivity contribution in [1.82, 2.24) is 0 Å². The zero-order valence-corrected chi connectivity index (χ0v) is 14.6. The summed E-state index contributed by atoms with van der Waals surface area (Å²) < 4.78 is 45.6. The molecular weight excluding hydrogens is 357 g/mol. The minimum absolute atomic E-state index is 0.192. The van der Waals surface area contributed by atoms with Gasteiger partial charge in [-0.3, -0.25) is 4.79 Å². The number of para-hydroxylation sites is 1. The molecular formula is C20H19F3N2O2. The standard InChI is InChI=1S/C20H19F3N2O2/c1-2-10-27-19(13-6-5-7-14(11-13)20(21,22)23)12-16(18(24)26)15-8-3-4-9-17(15)25-19/h3-9,11-12,25H,2,10H2,1H3,(H2,24,26). The maximum Gasteiger partial charge on any atom is 0.416 e. The smallest absolute Gasteiger partial charge is 0.366 e. The van der Waals surface area contributed by atoms with Gasteiger partial charge in [-0.2, -0.15) is 13.2 Å². The van der Waals surface area contributed by atoms with Gasteiger partial charge in [0, 0.05) is 29.0 Å². The van der Waals surface area contributed by atoms with Crippen LogP contribution in [0.15, 0.2) is 54.6 Å². The van der Waals surface area contributed by atoms with Crippen LogP contribution in [0, 0.1) is 0 Å². The Kier molecular flexibility index (Phi) is 4.97. The van der Waals surface area contributed by atoms with Crippen molar-refractivity contribution in [1.29, 1.82) is 0 Å². The van der Waals surface area contributed by atoms with Crippen molar-refractivity contribution in [2.75, 3.05) is 11.9 Å². The van der Waals surface area contributed by atoms with Crippen LogP contribution in [0.1, 0.15) is 30.0 Å². The predicted octanol–water partition coefficient (Wildman–Crippen LogP) is 4.28. The number of halogens is 3. The quantitative estimate of drug-likeness (QED) is 0.819. The second-order valence-corrected chi connectivity index (χ2v) is 6.26. The van der Waals surface area contributed by atoms with Crippen LogP contribution in [0.25, 0.3) is 5.57 Å². The summed E-state index contributed by atoms with van der Waals surface area (Å²) in [7, 11) is 0. The average molecular weight is 376 g/mol. The fourth-order valence-corrected chi connectivity index (χ4v) is 3.05.